The summed E-state index contributed by atoms with van der Waals surface area (Å²) in [6.45, 7) is 2.47. The molecule has 0 aliphatic carbocycles. The van der Waals surface area contributed by atoms with Crippen LogP contribution in [0.5, 0.6) is 0 Å². The molecule has 0 radical (unpaired) electrons. The number of nitrogens with one attached hydrogen (secondary N) is 1. The molecule has 2 aromatic rings. The van der Waals surface area contributed by atoms with Crippen molar-refractivity contribution in [2.75, 3.05) is 19.6 Å². The van der Waals surface area contributed by atoms with Crippen LogP contribution < -0.4 is 0 Å². The molecule has 1 aromatic heterocycles. The van der Waals surface area contributed by atoms with Crippen molar-refractivity contribution in [3.05, 3.63) is 51.8 Å². The number of likely N-dealkylation sites (tertiary alicyclic amines) is 1. The lowest BCUT2D eigenvalue weighted by atomic mass is 9.85. The van der Waals surface area contributed by atoms with E-state index in [1.807, 2.05) is 0 Å². The van der Waals surface area contributed by atoms with Crippen molar-refractivity contribution in [1.82, 2.24) is 20.0 Å². The minimum Gasteiger partial charge on any atom is -0.338 e. The number of halogens is 5. The first kappa shape index (κ1) is 22.2. The van der Waals surface area contributed by atoms with E-state index in [4.69, 9.17) is 0 Å². The molecule has 0 saturated carbocycles. The Hall–Kier alpha value is -2.98. The lowest BCUT2D eigenvalue weighted by Crippen LogP contribution is -2.40. The number of aromatic nitrogens is 2. The van der Waals surface area contributed by atoms with Gasteiger partial charge in [0.15, 0.2) is 5.69 Å². The summed E-state index contributed by atoms with van der Waals surface area (Å²) in [5, 5.41) is 6.94. The molecule has 3 heterocycles. The van der Waals surface area contributed by atoms with Crippen LogP contribution in [0.1, 0.15) is 58.6 Å². The monoisotopic (exact) mass is 456 g/mol. The first-order valence-corrected chi connectivity index (χ1v) is 10.2. The van der Waals surface area contributed by atoms with Crippen molar-refractivity contribution < 1.29 is 31.5 Å². The van der Waals surface area contributed by atoms with Crippen LogP contribution in [0.3, 0.4) is 0 Å². The highest BCUT2D eigenvalue weighted by Gasteiger charge is 2.40. The van der Waals surface area contributed by atoms with E-state index >= 15 is 0 Å². The highest BCUT2D eigenvalue weighted by molar-refractivity contribution is 5.94. The minimum atomic E-state index is -4.95. The Kier molecular flexibility index (Phi) is 5.68. The Bertz CT molecular complexity index is 1060. The van der Waals surface area contributed by atoms with E-state index in [1.54, 1.807) is 4.90 Å². The number of alkyl halides is 3. The Morgan fingerprint density at radius 2 is 1.78 bits per heavy atom. The highest BCUT2D eigenvalue weighted by atomic mass is 19.4. The van der Waals surface area contributed by atoms with Gasteiger partial charge in [-0.2, -0.15) is 18.3 Å². The maximum atomic E-state index is 13.9. The smallest absolute Gasteiger partial charge is 0.338 e. The van der Waals surface area contributed by atoms with E-state index in [9.17, 15) is 31.5 Å². The van der Waals surface area contributed by atoms with Gasteiger partial charge in [0.2, 0.25) is 5.91 Å². The van der Waals surface area contributed by atoms with Crippen LogP contribution in [-0.2, 0) is 23.9 Å². The summed E-state index contributed by atoms with van der Waals surface area (Å²) in [7, 11) is 0. The van der Waals surface area contributed by atoms with Gasteiger partial charge in [-0.15, -0.1) is 0 Å². The Labute approximate surface area is 180 Å². The van der Waals surface area contributed by atoms with Crippen LogP contribution >= 0.6 is 0 Å². The van der Waals surface area contributed by atoms with Crippen molar-refractivity contribution in [2.45, 2.75) is 44.8 Å². The molecule has 2 aliphatic rings. The molecule has 0 unspecified atom stereocenters. The molecule has 1 N–H and O–H groups in total. The van der Waals surface area contributed by atoms with Crippen LogP contribution in [0.15, 0.2) is 12.1 Å². The molecule has 1 saturated heterocycles. The normalized spacial score (nSPS) is 17.4. The molecular formula is C21H21F5N4O2. The van der Waals surface area contributed by atoms with Crippen molar-refractivity contribution in [3.63, 3.8) is 0 Å². The summed E-state index contributed by atoms with van der Waals surface area (Å²) >= 11 is 0. The molecular weight excluding hydrogens is 435 g/mol. The summed E-state index contributed by atoms with van der Waals surface area (Å²) in [4.78, 5) is 27.8. The van der Waals surface area contributed by atoms with E-state index in [0.717, 1.165) is 11.8 Å². The molecule has 0 bridgehead atoms. The maximum Gasteiger partial charge on any atom is 0.419 e. The van der Waals surface area contributed by atoms with E-state index in [-0.39, 0.29) is 56.1 Å². The first-order chi connectivity index (χ1) is 15.1. The topological polar surface area (TPSA) is 69.3 Å². The average Bonchev–Trinajstić information content (AvgIpc) is 3.15. The standard InChI is InChI=1S/C21H21F5N4O2/c1-11(31)30-7-4-17-15(10-30)19(28-27-17)20(32)29-5-2-12(3-6-29)14-8-13(22)9-16(23)18(14)21(24,25)26/h8-9,12H,2-7,10H2,1H3,(H,27,28). The average molecular weight is 456 g/mol. The molecule has 1 aromatic carbocycles. The molecule has 172 valence electrons. The van der Waals surface area contributed by atoms with Gasteiger partial charge in [-0.25, -0.2) is 8.78 Å². The minimum absolute atomic E-state index is 0.112. The zero-order valence-electron chi connectivity index (χ0n) is 17.2. The predicted molar refractivity (Wildman–Crippen MR) is 103 cm³/mol. The third kappa shape index (κ3) is 4.07. The van der Waals surface area contributed by atoms with Gasteiger partial charge in [-0.1, -0.05) is 0 Å². The van der Waals surface area contributed by atoms with Crippen LogP contribution in [0.25, 0.3) is 0 Å². The summed E-state index contributed by atoms with van der Waals surface area (Å²) in [5.74, 6) is -3.93. The van der Waals surface area contributed by atoms with Gasteiger partial charge in [-0.3, -0.25) is 14.7 Å². The number of aromatic amines is 1. The van der Waals surface area contributed by atoms with Gasteiger partial charge in [0.05, 0.1) is 5.56 Å². The molecule has 32 heavy (non-hydrogen) atoms. The van der Waals surface area contributed by atoms with Gasteiger partial charge < -0.3 is 9.80 Å². The van der Waals surface area contributed by atoms with E-state index in [2.05, 4.69) is 10.2 Å². The fourth-order valence-corrected chi connectivity index (χ4v) is 4.50. The molecule has 0 spiro atoms. The largest absolute Gasteiger partial charge is 0.419 e. The number of amides is 2. The van der Waals surface area contributed by atoms with Crippen LogP contribution in [0, 0.1) is 11.6 Å². The number of carbonyl (C=O) groups excluding carboxylic acids is 2. The first-order valence-electron chi connectivity index (χ1n) is 10.2. The summed E-state index contributed by atoms with van der Waals surface area (Å²) < 4.78 is 67.7. The number of H-pyrrole nitrogens is 1. The Morgan fingerprint density at radius 1 is 1.09 bits per heavy atom. The predicted octanol–water partition coefficient (Wildman–Crippen LogP) is 3.63. The van der Waals surface area contributed by atoms with Crippen LogP contribution in [0.4, 0.5) is 22.0 Å². The molecule has 4 rings (SSSR count). The number of carbonyl (C=O) groups is 2. The van der Waals surface area contributed by atoms with Gasteiger partial charge in [-0.05, 0) is 30.4 Å². The zero-order chi connectivity index (χ0) is 23.2. The molecule has 1 fully saturated rings. The van der Waals surface area contributed by atoms with Crippen molar-refractivity contribution in [3.8, 4) is 0 Å². The second-order valence-electron chi connectivity index (χ2n) is 8.14. The number of rotatable bonds is 2. The number of nitrogens with zero attached hydrogens (tertiary/aromatic N) is 3. The summed E-state index contributed by atoms with van der Waals surface area (Å²) in [6.07, 6.45) is -4.15. The number of hydrogen-bond acceptors (Lipinski definition) is 3. The van der Waals surface area contributed by atoms with E-state index in [0.29, 0.717) is 18.5 Å². The second kappa shape index (κ2) is 8.18. The Balaban J connectivity index is 1.51. The fraction of sp³-hybridized carbons (Fsp3) is 0.476. The van der Waals surface area contributed by atoms with E-state index in [1.165, 1.54) is 11.8 Å². The number of fused-ring (bicyclic) bond motifs is 1. The maximum absolute atomic E-state index is 13.9. The fourth-order valence-electron chi connectivity index (χ4n) is 4.50. The lowest BCUT2D eigenvalue weighted by Gasteiger charge is -2.33. The van der Waals surface area contributed by atoms with Crippen LogP contribution in [-0.4, -0.2) is 51.4 Å². The number of benzene rings is 1. The molecule has 0 atom stereocenters. The molecule has 6 nitrogen and oxygen atoms in total. The summed E-state index contributed by atoms with van der Waals surface area (Å²) in [6, 6.07) is 0.963. The van der Waals surface area contributed by atoms with Gasteiger partial charge in [0.1, 0.15) is 11.6 Å². The third-order valence-corrected chi connectivity index (χ3v) is 6.17. The van der Waals surface area contributed by atoms with Crippen molar-refractivity contribution in [1.29, 1.82) is 0 Å². The van der Waals surface area contributed by atoms with Crippen LogP contribution in [0.2, 0.25) is 0 Å². The van der Waals surface area contributed by atoms with Gasteiger partial charge >= 0.3 is 6.18 Å². The molecule has 2 amide bonds. The van der Waals surface area contributed by atoms with Gasteiger partial charge in [0, 0.05) is 56.8 Å². The summed E-state index contributed by atoms with van der Waals surface area (Å²) in [5.41, 5.74) is -0.251. The molecule has 11 heteroatoms. The van der Waals surface area contributed by atoms with Crippen molar-refractivity contribution in [2.24, 2.45) is 0 Å². The van der Waals surface area contributed by atoms with E-state index < -0.39 is 34.9 Å². The van der Waals surface area contributed by atoms with Gasteiger partial charge in [0.25, 0.3) is 5.91 Å². The zero-order valence-corrected chi connectivity index (χ0v) is 17.2. The number of piperidine rings is 1. The quantitative estimate of drug-likeness (QED) is 0.702. The number of hydrogen-bond donors (Lipinski definition) is 1. The lowest BCUT2D eigenvalue weighted by molar-refractivity contribution is -0.141. The van der Waals surface area contributed by atoms with Crippen molar-refractivity contribution >= 4 is 11.8 Å². The molecule has 2 aliphatic heterocycles. The second-order valence-corrected chi connectivity index (χ2v) is 8.14. The third-order valence-electron chi connectivity index (χ3n) is 6.17. The highest BCUT2D eigenvalue weighted by Crippen LogP contribution is 2.41. The SMILES string of the molecule is CC(=O)N1CCc2[nH]nc(C(=O)N3CCC(c4cc(F)cc(F)c4C(F)(F)F)CC3)c2C1. The Morgan fingerprint density at radius 3 is 2.41 bits per heavy atom.